The molecule has 0 atom stereocenters. The number of carbonyl (C=O) groups is 2. The molecular weight excluding hydrogens is 447 g/mol. The molecule has 1 aliphatic rings. The number of hydrogen-bond donors (Lipinski definition) is 2. The number of anilines is 2. The van der Waals surface area contributed by atoms with E-state index in [4.69, 9.17) is 4.74 Å². The maximum atomic E-state index is 14.7. The third kappa shape index (κ3) is 6.23. The summed E-state index contributed by atoms with van der Waals surface area (Å²) in [6.07, 6.45) is 0. The Morgan fingerprint density at radius 2 is 1.57 bits per heavy atom. The molecule has 0 radical (unpaired) electrons. The highest BCUT2D eigenvalue weighted by Gasteiger charge is 2.20. The zero-order chi connectivity index (χ0) is 24.8. The largest absolute Gasteiger partial charge is 0.492 e. The van der Waals surface area contributed by atoms with Crippen LogP contribution in [0.25, 0.3) is 11.1 Å². The van der Waals surface area contributed by atoms with Crippen molar-refractivity contribution < 1.29 is 18.7 Å². The minimum atomic E-state index is -0.727. The first kappa shape index (κ1) is 24.4. The Hall–Kier alpha value is -3.75. The van der Waals surface area contributed by atoms with E-state index in [1.807, 2.05) is 54.4 Å². The smallest absolute Gasteiger partial charge is 0.255 e. The third-order valence-electron chi connectivity index (χ3n) is 6.00. The number of carbonyl (C=O) groups excluding carboxylic acids is 2. The van der Waals surface area contributed by atoms with Crippen LogP contribution in [0.2, 0.25) is 0 Å². The lowest BCUT2D eigenvalue weighted by molar-refractivity contribution is -0.117. The lowest BCUT2D eigenvalue weighted by Crippen LogP contribution is -2.47. The fourth-order valence-corrected chi connectivity index (χ4v) is 4.00. The number of likely N-dealkylation sites (N-methyl/N-ethyl adjacent to an activating group) is 1. The highest BCUT2D eigenvalue weighted by Crippen LogP contribution is 2.30. The molecule has 3 aromatic rings. The summed E-state index contributed by atoms with van der Waals surface area (Å²) in [5, 5.41) is 5.49. The second-order valence-electron chi connectivity index (χ2n) is 8.56. The Morgan fingerprint density at radius 1 is 0.914 bits per heavy atom. The van der Waals surface area contributed by atoms with Crippen LogP contribution in [-0.4, -0.2) is 68.5 Å². The number of benzene rings is 3. The minimum absolute atomic E-state index is 0.0744. The number of halogens is 1. The Labute approximate surface area is 204 Å². The molecular formula is C27H29FN4O3. The van der Waals surface area contributed by atoms with E-state index in [-0.39, 0.29) is 29.5 Å². The van der Waals surface area contributed by atoms with Gasteiger partial charge in [-0.15, -0.1) is 0 Å². The summed E-state index contributed by atoms with van der Waals surface area (Å²) in [5.74, 6) is -1.62. The van der Waals surface area contributed by atoms with Crippen molar-refractivity contribution in [3.8, 4) is 16.9 Å². The van der Waals surface area contributed by atoms with E-state index in [1.165, 1.54) is 13.2 Å². The summed E-state index contributed by atoms with van der Waals surface area (Å²) >= 11 is 0. The molecule has 0 aromatic heterocycles. The van der Waals surface area contributed by atoms with Crippen molar-refractivity contribution in [3.05, 3.63) is 78.1 Å². The van der Waals surface area contributed by atoms with Gasteiger partial charge in [-0.25, -0.2) is 4.39 Å². The Kier molecular flexibility index (Phi) is 7.74. The predicted octanol–water partition coefficient (Wildman–Crippen LogP) is 3.94. The number of methoxy groups -OCH3 is 1. The van der Waals surface area contributed by atoms with Crippen LogP contribution in [0, 0.1) is 5.82 Å². The summed E-state index contributed by atoms with van der Waals surface area (Å²) in [6, 6.07) is 19.8. The molecule has 0 spiro atoms. The van der Waals surface area contributed by atoms with Crippen LogP contribution < -0.4 is 15.4 Å². The van der Waals surface area contributed by atoms with E-state index >= 15 is 0 Å². The minimum Gasteiger partial charge on any atom is -0.492 e. The molecule has 0 aliphatic carbocycles. The van der Waals surface area contributed by atoms with E-state index in [9.17, 15) is 14.0 Å². The normalized spacial score (nSPS) is 14.4. The summed E-state index contributed by atoms with van der Waals surface area (Å²) in [5.41, 5.74) is 2.86. The average molecular weight is 477 g/mol. The van der Waals surface area contributed by atoms with Crippen LogP contribution in [-0.2, 0) is 4.79 Å². The predicted molar refractivity (Wildman–Crippen MR) is 135 cm³/mol. The van der Waals surface area contributed by atoms with Crippen molar-refractivity contribution in [1.82, 2.24) is 9.80 Å². The van der Waals surface area contributed by atoms with Crippen molar-refractivity contribution in [2.45, 2.75) is 0 Å². The molecule has 35 heavy (non-hydrogen) atoms. The van der Waals surface area contributed by atoms with Crippen molar-refractivity contribution in [3.63, 3.8) is 0 Å². The summed E-state index contributed by atoms with van der Waals surface area (Å²) in [6.45, 7) is 3.51. The van der Waals surface area contributed by atoms with Crippen molar-refractivity contribution in [1.29, 1.82) is 0 Å². The number of nitrogens with zero attached hydrogens (tertiary/aromatic N) is 2. The van der Waals surface area contributed by atoms with Gasteiger partial charge in [0, 0.05) is 37.4 Å². The highest BCUT2D eigenvalue weighted by molar-refractivity contribution is 6.06. The van der Waals surface area contributed by atoms with Crippen LogP contribution in [0.15, 0.2) is 66.7 Å². The number of rotatable bonds is 7. The molecule has 182 valence electrons. The summed E-state index contributed by atoms with van der Waals surface area (Å²) in [7, 11) is 3.36. The van der Waals surface area contributed by atoms with Gasteiger partial charge in [-0.1, -0.05) is 42.5 Å². The standard InChI is InChI=1S/C27H29FN4O3/c1-31-12-14-32(15-13-31)18-25(33)30-24-17-21(16-23(28)26(24)35-2)27(34)29-22-10-8-20(9-11-22)19-6-4-3-5-7-19/h3-11,16-17H,12-15,18H2,1-2H3,(H,29,34)(H,30,33). The molecule has 1 saturated heterocycles. The maximum Gasteiger partial charge on any atom is 0.255 e. The van der Waals surface area contributed by atoms with E-state index < -0.39 is 11.7 Å². The third-order valence-corrected chi connectivity index (χ3v) is 6.00. The summed E-state index contributed by atoms with van der Waals surface area (Å²) in [4.78, 5) is 29.7. The van der Waals surface area contributed by atoms with Crippen LogP contribution in [0.3, 0.4) is 0 Å². The van der Waals surface area contributed by atoms with Gasteiger partial charge >= 0.3 is 0 Å². The number of nitrogens with one attached hydrogen (secondary N) is 2. The number of piperazine rings is 1. The zero-order valence-corrected chi connectivity index (χ0v) is 19.9. The quantitative estimate of drug-likeness (QED) is 0.541. The van der Waals surface area contributed by atoms with Gasteiger partial charge in [-0.3, -0.25) is 14.5 Å². The van der Waals surface area contributed by atoms with Crippen LogP contribution in [0.4, 0.5) is 15.8 Å². The number of hydrogen-bond acceptors (Lipinski definition) is 5. The average Bonchev–Trinajstić information content (AvgIpc) is 2.86. The first-order valence-electron chi connectivity index (χ1n) is 11.5. The van der Waals surface area contributed by atoms with Crippen LogP contribution in [0.1, 0.15) is 10.4 Å². The fourth-order valence-electron chi connectivity index (χ4n) is 4.00. The van der Waals surface area contributed by atoms with Crippen molar-refractivity contribution in [2.75, 3.05) is 57.5 Å². The second-order valence-corrected chi connectivity index (χ2v) is 8.56. The van der Waals surface area contributed by atoms with Gasteiger partial charge in [-0.2, -0.15) is 0 Å². The fraction of sp³-hybridized carbons (Fsp3) is 0.259. The molecule has 7 nitrogen and oxygen atoms in total. The van der Waals surface area contributed by atoms with Crippen molar-refractivity contribution >= 4 is 23.2 Å². The van der Waals surface area contributed by atoms with E-state index in [2.05, 4.69) is 15.5 Å². The highest BCUT2D eigenvalue weighted by atomic mass is 19.1. The lowest BCUT2D eigenvalue weighted by atomic mass is 10.1. The number of ether oxygens (including phenoxy) is 1. The van der Waals surface area contributed by atoms with Gasteiger partial charge in [0.05, 0.1) is 19.3 Å². The topological polar surface area (TPSA) is 73.9 Å². The molecule has 1 aliphatic heterocycles. The van der Waals surface area contributed by atoms with E-state index in [0.717, 1.165) is 43.4 Å². The molecule has 0 bridgehead atoms. The van der Waals surface area contributed by atoms with Crippen LogP contribution >= 0.6 is 0 Å². The second kappa shape index (κ2) is 11.1. The van der Waals surface area contributed by atoms with Gasteiger partial charge in [0.25, 0.3) is 5.91 Å². The molecule has 1 fully saturated rings. The van der Waals surface area contributed by atoms with Gasteiger partial charge < -0.3 is 20.3 Å². The van der Waals surface area contributed by atoms with Gasteiger partial charge in [0.15, 0.2) is 11.6 Å². The first-order chi connectivity index (χ1) is 16.9. The Morgan fingerprint density at radius 3 is 2.23 bits per heavy atom. The molecule has 8 heteroatoms. The molecule has 0 saturated carbocycles. The zero-order valence-electron chi connectivity index (χ0n) is 19.9. The van der Waals surface area contributed by atoms with E-state index in [0.29, 0.717) is 5.69 Å². The van der Waals surface area contributed by atoms with Crippen molar-refractivity contribution in [2.24, 2.45) is 0 Å². The molecule has 1 heterocycles. The molecule has 0 unspecified atom stereocenters. The SMILES string of the molecule is COc1c(F)cc(C(=O)Nc2ccc(-c3ccccc3)cc2)cc1NC(=O)CN1CCN(C)CC1. The van der Waals surface area contributed by atoms with Gasteiger partial charge in [0.2, 0.25) is 5.91 Å². The number of amides is 2. The monoisotopic (exact) mass is 476 g/mol. The molecule has 4 rings (SSSR count). The van der Waals surface area contributed by atoms with Crippen LogP contribution in [0.5, 0.6) is 5.75 Å². The van der Waals surface area contributed by atoms with E-state index in [1.54, 1.807) is 12.1 Å². The molecule has 3 aromatic carbocycles. The van der Waals surface area contributed by atoms with Gasteiger partial charge in [-0.05, 0) is 42.4 Å². The summed E-state index contributed by atoms with van der Waals surface area (Å²) < 4.78 is 19.9. The molecule has 2 amide bonds. The lowest BCUT2D eigenvalue weighted by Gasteiger charge is -2.31. The Bertz CT molecular complexity index is 1180. The Balaban J connectivity index is 1.45. The molecule has 2 N–H and O–H groups in total. The van der Waals surface area contributed by atoms with Gasteiger partial charge in [0.1, 0.15) is 0 Å². The first-order valence-corrected chi connectivity index (χ1v) is 11.5. The maximum absolute atomic E-state index is 14.7.